The quantitative estimate of drug-likeness (QED) is 0.481. The number of pyridine rings is 1. The summed E-state index contributed by atoms with van der Waals surface area (Å²) in [6.07, 6.45) is 1.29. The lowest BCUT2D eigenvalue weighted by molar-refractivity contribution is 0.0476. The van der Waals surface area contributed by atoms with Crippen molar-refractivity contribution in [1.29, 1.82) is 0 Å². The minimum Gasteiger partial charge on any atom is -0.486 e. The minimum absolute atomic E-state index is 0.156. The molecule has 1 aliphatic rings. The molecule has 8 heteroatoms. The molecule has 0 spiro atoms. The summed E-state index contributed by atoms with van der Waals surface area (Å²) >= 11 is 0. The Bertz CT molecular complexity index is 1230. The molecule has 4 heterocycles. The molecule has 31 heavy (non-hydrogen) atoms. The number of furan rings is 1. The lowest BCUT2D eigenvalue weighted by Crippen LogP contribution is -2.43. The maximum absolute atomic E-state index is 13.6. The first kappa shape index (κ1) is 19.2. The third-order valence-corrected chi connectivity index (χ3v) is 5.28. The third-order valence-electron chi connectivity index (χ3n) is 5.28. The van der Waals surface area contributed by atoms with Gasteiger partial charge in [-0.15, -0.1) is 0 Å². The van der Waals surface area contributed by atoms with Crippen molar-refractivity contribution in [2.24, 2.45) is 0 Å². The number of likely N-dealkylation sites (N-methyl/N-ethyl adjacent to an activating group) is 1. The van der Waals surface area contributed by atoms with Gasteiger partial charge in [-0.1, -0.05) is 17.3 Å². The molecule has 0 N–H and O–H groups in total. The Hall–Kier alpha value is -3.81. The first-order chi connectivity index (χ1) is 15.1. The molecule has 1 unspecified atom stereocenters. The summed E-state index contributed by atoms with van der Waals surface area (Å²) in [4.78, 5) is 19.8. The fourth-order valence-corrected chi connectivity index (χ4v) is 3.74. The molecule has 4 aromatic rings. The molecule has 3 aromatic heterocycles. The van der Waals surface area contributed by atoms with Gasteiger partial charge in [-0.05, 0) is 44.2 Å². The monoisotopic (exact) mass is 419 g/mol. The Morgan fingerprint density at radius 3 is 2.81 bits per heavy atom. The number of fused-ring (bicyclic) bond motifs is 2. The highest BCUT2D eigenvalue weighted by atomic mass is 16.6. The van der Waals surface area contributed by atoms with Crippen LogP contribution < -0.4 is 9.47 Å². The smallest absolute Gasteiger partial charge is 0.259 e. The molecule has 0 bridgehead atoms. The number of amides is 1. The van der Waals surface area contributed by atoms with Crippen molar-refractivity contribution in [2.45, 2.75) is 20.0 Å². The molecule has 1 aromatic carbocycles. The molecule has 0 fully saturated rings. The molecule has 0 radical (unpaired) electrons. The molecule has 5 rings (SSSR count). The van der Waals surface area contributed by atoms with E-state index in [-0.39, 0.29) is 12.0 Å². The highest BCUT2D eigenvalue weighted by Gasteiger charge is 2.28. The Kier molecular flexibility index (Phi) is 4.82. The van der Waals surface area contributed by atoms with Crippen molar-refractivity contribution in [3.05, 3.63) is 60.0 Å². The molecule has 1 atom stereocenters. The summed E-state index contributed by atoms with van der Waals surface area (Å²) in [5.74, 6) is 1.79. The maximum atomic E-state index is 13.6. The molecule has 0 saturated heterocycles. The number of ether oxygens (including phenoxy) is 2. The fourth-order valence-electron chi connectivity index (χ4n) is 3.74. The van der Waals surface area contributed by atoms with Gasteiger partial charge in [0, 0.05) is 6.54 Å². The van der Waals surface area contributed by atoms with Crippen LogP contribution in [0.3, 0.4) is 0 Å². The zero-order valence-corrected chi connectivity index (χ0v) is 17.2. The van der Waals surface area contributed by atoms with Crippen molar-refractivity contribution in [2.75, 3.05) is 19.7 Å². The lowest BCUT2D eigenvalue weighted by Gasteiger charge is -2.31. The van der Waals surface area contributed by atoms with Gasteiger partial charge >= 0.3 is 0 Å². The van der Waals surface area contributed by atoms with E-state index in [1.807, 2.05) is 31.2 Å². The van der Waals surface area contributed by atoms with Crippen molar-refractivity contribution in [3.63, 3.8) is 0 Å². The van der Waals surface area contributed by atoms with Crippen LogP contribution in [0.2, 0.25) is 0 Å². The molecule has 1 amide bonds. The van der Waals surface area contributed by atoms with Gasteiger partial charge in [0.2, 0.25) is 0 Å². The van der Waals surface area contributed by atoms with E-state index in [4.69, 9.17) is 18.4 Å². The molecule has 8 nitrogen and oxygen atoms in total. The van der Waals surface area contributed by atoms with Crippen molar-refractivity contribution < 1.29 is 23.2 Å². The Balaban J connectivity index is 1.46. The summed E-state index contributed by atoms with van der Waals surface area (Å²) in [7, 11) is 0. The molecule has 0 saturated carbocycles. The summed E-state index contributed by atoms with van der Waals surface area (Å²) < 4.78 is 22.7. The number of hydrogen-bond donors (Lipinski definition) is 0. The summed E-state index contributed by atoms with van der Waals surface area (Å²) in [5.41, 5.74) is 1.89. The van der Waals surface area contributed by atoms with Crippen LogP contribution in [0.15, 0.2) is 57.7 Å². The first-order valence-electron chi connectivity index (χ1n) is 10.1. The number of aromatic nitrogens is 2. The van der Waals surface area contributed by atoms with E-state index >= 15 is 0 Å². The van der Waals surface area contributed by atoms with Gasteiger partial charge in [-0.3, -0.25) is 4.79 Å². The topological polar surface area (TPSA) is 90.8 Å². The van der Waals surface area contributed by atoms with Gasteiger partial charge in [-0.2, -0.15) is 0 Å². The van der Waals surface area contributed by atoms with Gasteiger partial charge in [0.1, 0.15) is 12.3 Å². The number of para-hydroxylation sites is 2. The maximum Gasteiger partial charge on any atom is 0.259 e. The fraction of sp³-hybridized carbons (Fsp3) is 0.261. The van der Waals surface area contributed by atoms with Crippen LogP contribution in [-0.4, -0.2) is 46.7 Å². The number of aryl methyl sites for hydroxylation is 1. The zero-order chi connectivity index (χ0) is 21.4. The summed E-state index contributed by atoms with van der Waals surface area (Å²) in [6.45, 7) is 4.99. The molecule has 0 aliphatic carbocycles. The number of hydrogen-bond acceptors (Lipinski definition) is 7. The molecular formula is C23H21N3O5. The van der Waals surface area contributed by atoms with Crippen LogP contribution in [-0.2, 0) is 0 Å². The predicted octanol–water partition coefficient (Wildman–Crippen LogP) is 4.09. The minimum atomic E-state index is -0.274. The van der Waals surface area contributed by atoms with E-state index in [0.717, 1.165) is 0 Å². The van der Waals surface area contributed by atoms with Gasteiger partial charge in [0.15, 0.2) is 23.4 Å². The van der Waals surface area contributed by atoms with Crippen LogP contribution in [0, 0.1) is 6.92 Å². The largest absolute Gasteiger partial charge is 0.486 e. The van der Waals surface area contributed by atoms with E-state index in [1.165, 1.54) is 0 Å². The number of carbonyl (C=O) groups is 1. The zero-order valence-electron chi connectivity index (χ0n) is 17.2. The lowest BCUT2D eigenvalue weighted by atomic mass is 10.1. The van der Waals surface area contributed by atoms with Crippen LogP contribution in [0.4, 0.5) is 0 Å². The van der Waals surface area contributed by atoms with E-state index in [0.29, 0.717) is 65.0 Å². The van der Waals surface area contributed by atoms with Gasteiger partial charge in [-0.25, -0.2) is 4.98 Å². The third kappa shape index (κ3) is 3.50. The highest BCUT2D eigenvalue weighted by Crippen LogP contribution is 2.32. The van der Waals surface area contributed by atoms with E-state index < -0.39 is 0 Å². The van der Waals surface area contributed by atoms with Crippen LogP contribution >= 0.6 is 0 Å². The Morgan fingerprint density at radius 2 is 2.03 bits per heavy atom. The predicted molar refractivity (Wildman–Crippen MR) is 112 cm³/mol. The highest BCUT2D eigenvalue weighted by molar-refractivity contribution is 6.06. The average Bonchev–Trinajstić information content (AvgIpc) is 3.47. The van der Waals surface area contributed by atoms with Gasteiger partial charge in [0.05, 0.1) is 29.5 Å². The first-order valence-corrected chi connectivity index (χ1v) is 10.1. The summed E-state index contributed by atoms with van der Waals surface area (Å²) in [6, 6.07) is 12.8. The van der Waals surface area contributed by atoms with Crippen molar-refractivity contribution >= 4 is 17.0 Å². The molecule has 1 aliphatic heterocycles. The number of carbonyl (C=O) groups excluding carboxylic acids is 1. The van der Waals surface area contributed by atoms with E-state index in [1.54, 1.807) is 36.3 Å². The number of benzene rings is 1. The second kappa shape index (κ2) is 7.79. The van der Waals surface area contributed by atoms with Crippen LogP contribution in [0.5, 0.6) is 11.5 Å². The summed E-state index contributed by atoms with van der Waals surface area (Å²) in [5, 5.41) is 4.61. The van der Waals surface area contributed by atoms with Gasteiger partial charge in [0.25, 0.3) is 11.6 Å². The Morgan fingerprint density at radius 1 is 1.19 bits per heavy atom. The normalized spacial score (nSPS) is 15.2. The second-order valence-electron chi connectivity index (χ2n) is 7.32. The van der Waals surface area contributed by atoms with Crippen molar-refractivity contribution in [3.8, 4) is 23.0 Å². The number of rotatable bonds is 5. The molecule has 158 valence electrons. The second-order valence-corrected chi connectivity index (χ2v) is 7.32. The van der Waals surface area contributed by atoms with E-state index in [2.05, 4.69) is 10.1 Å². The number of nitrogens with zero attached hydrogens (tertiary/aromatic N) is 3. The van der Waals surface area contributed by atoms with Crippen LogP contribution in [0.1, 0.15) is 23.0 Å². The van der Waals surface area contributed by atoms with Gasteiger partial charge < -0.3 is 23.3 Å². The van der Waals surface area contributed by atoms with Crippen molar-refractivity contribution in [1.82, 2.24) is 15.0 Å². The molecular weight excluding hydrogens is 398 g/mol. The SMILES string of the molecule is CCN(CC1COc2ccccc2O1)C(=O)c1cc(-c2ccco2)nc2onc(C)c12. The standard InChI is InChI=1S/C23H21N3O5/c1-3-26(12-15-13-29-19-7-4-5-8-20(19)30-15)23(27)16-11-17(18-9-6-10-28-18)24-22-21(16)14(2)25-31-22/h4-11,15H,3,12-13H2,1-2H3. The Labute approximate surface area is 178 Å². The van der Waals surface area contributed by atoms with E-state index in [9.17, 15) is 4.79 Å². The van der Waals surface area contributed by atoms with Crippen LogP contribution in [0.25, 0.3) is 22.6 Å². The average molecular weight is 419 g/mol.